The van der Waals surface area contributed by atoms with E-state index in [0.717, 1.165) is 19.3 Å². The molecule has 1 aliphatic carbocycles. The molecule has 2 N–H and O–H groups in total. The van der Waals surface area contributed by atoms with Crippen molar-refractivity contribution in [3.63, 3.8) is 0 Å². The van der Waals surface area contributed by atoms with Crippen molar-refractivity contribution in [3.8, 4) is 0 Å². The van der Waals surface area contributed by atoms with E-state index in [4.69, 9.17) is 5.11 Å². The number of aliphatic hydroxyl groups is 1. The standard InChI is InChI=1S/C17H26N2O2/c1-17(2,12-14-6-4-3-5-7-14)13-18-16(21)19(10-11-20)15-8-9-15/h3-7,15,20H,8-13H2,1-2H3,(H,18,21). The molecular weight excluding hydrogens is 264 g/mol. The molecular formula is C17H26N2O2. The molecule has 1 aromatic rings. The van der Waals surface area contributed by atoms with Gasteiger partial charge in [0, 0.05) is 19.1 Å². The number of hydrogen-bond donors (Lipinski definition) is 2. The van der Waals surface area contributed by atoms with Gasteiger partial charge in [-0.2, -0.15) is 0 Å². The predicted octanol–water partition coefficient (Wildman–Crippen LogP) is 2.42. The molecule has 0 aliphatic heterocycles. The van der Waals surface area contributed by atoms with Crippen LogP contribution in [0.25, 0.3) is 0 Å². The summed E-state index contributed by atoms with van der Waals surface area (Å²) in [5.74, 6) is 0. The summed E-state index contributed by atoms with van der Waals surface area (Å²) >= 11 is 0. The van der Waals surface area contributed by atoms with Gasteiger partial charge in [0.15, 0.2) is 0 Å². The van der Waals surface area contributed by atoms with Crippen molar-refractivity contribution in [2.24, 2.45) is 5.41 Å². The summed E-state index contributed by atoms with van der Waals surface area (Å²) in [6, 6.07) is 10.6. The first-order valence-electron chi connectivity index (χ1n) is 7.71. The van der Waals surface area contributed by atoms with Crippen LogP contribution in [0.15, 0.2) is 30.3 Å². The summed E-state index contributed by atoms with van der Waals surface area (Å²) < 4.78 is 0. The number of benzene rings is 1. The minimum atomic E-state index is -0.0484. The van der Waals surface area contributed by atoms with Crippen molar-refractivity contribution in [1.29, 1.82) is 0 Å². The molecule has 0 radical (unpaired) electrons. The average Bonchev–Trinajstić information content (AvgIpc) is 3.27. The Kier molecular flexibility index (Phi) is 5.23. The molecule has 4 nitrogen and oxygen atoms in total. The summed E-state index contributed by atoms with van der Waals surface area (Å²) in [5, 5.41) is 12.1. The lowest BCUT2D eigenvalue weighted by molar-refractivity contribution is 0.169. The fourth-order valence-electron chi connectivity index (χ4n) is 2.57. The van der Waals surface area contributed by atoms with Crippen molar-refractivity contribution in [2.45, 2.75) is 39.2 Å². The van der Waals surface area contributed by atoms with E-state index in [9.17, 15) is 4.79 Å². The Morgan fingerprint density at radius 3 is 2.57 bits per heavy atom. The van der Waals surface area contributed by atoms with E-state index >= 15 is 0 Å². The van der Waals surface area contributed by atoms with E-state index in [-0.39, 0.29) is 18.1 Å². The van der Waals surface area contributed by atoms with Gasteiger partial charge in [-0.1, -0.05) is 44.2 Å². The molecule has 4 heteroatoms. The van der Waals surface area contributed by atoms with Gasteiger partial charge in [-0.05, 0) is 30.2 Å². The third kappa shape index (κ3) is 5.05. The second-order valence-electron chi connectivity index (χ2n) is 6.63. The summed E-state index contributed by atoms with van der Waals surface area (Å²) in [4.78, 5) is 14.0. The highest BCUT2D eigenvalue weighted by molar-refractivity contribution is 5.75. The van der Waals surface area contributed by atoms with Gasteiger partial charge in [-0.3, -0.25) is 0 Å². The molecule has 0 heterocycles. The van der Waals surface area contributed by atoms with Crippen molar-refractivity contribution < 1.29 is 9.90 Å². The van der Waals surface area contributed by atoms with Crippen LogP contribution in [0.4, 0.5) is 4.79 Å². The Morgan fingerprint density at radius 1 is 1.33 bits per heavy atom. The molecule has 116 valence electrons. The lowest BCUT2D eigenvalue weighted by Crippen LogP contribution is -2.46. The quantitative estimate of drug-likeness (QED) is 0.810. The molecule has 0 spiro atoms. The van der Waals surface area contributed by atoms with Crippen LogP contribution in [0.5, 0.6) is 0 Å². The number of carbonyl (C=O) groups excluding carboxylic acids is 1. The summed E-state index contributed by atoms with van der Waals surface area (Å²) in [5.41, 5.74) is 1.29. The summed E-state index contributed by atoms with van der Waals surface area (Å²) in [6.07, 6.45) is 3.04. The maximum atomic E-state index is 12.2. The zero-order valence-electron chi connectivity index (χ0n) is 13.0. The molecule has 0 atom stereocenters. The number of carbonyl (C=O) groups is 1. The molecule has 1 fully saturated rings. The molecule has 1 aromatic carbocycles. The third-order valence-electron chi connectivity index (χ3n) is 3.83. The Balaban J connectivity index is 1.84. The van der Waals surface area contributed by atoms with Gasteiger partial charge in [-0.15, -0.1) is 0 Å². The topological polar surface area (TPSA) is 52.6 Å². The minimum absolute atomic E-state index is 0.00541. The monoisotopic (exact) mass is 290 g/mol. The van der Waals surface area contributed by atoms with Gasteiger partial charge in [-0.25, -0.2) is 4.79 Å². The van der Waals surface area contributed by atoms with Crippen molar-refractivity contribution in [1.82, 2.24) is 10.2 Å². The van der Waals surface area contributed by atoms with E-state index in [1.54, 1.807) is 4.90 Å². The Morgan fingerprint density at radius 2 is 2.00 bits per heavy atom. The molecule has 0 aromatic heterocycles. The highest BCUT2D eigenvalue weighted by Crippen LogP contribution is 2.27. The number of rotatable bonds is 7. The fourth-order valence-corrected chi connectivity index (χ4v) is 2.57. The van der Waals surface area contributed by atoms with Crippen LogP contribution in [0, 0.1) is 5.41 Å². The van der Waals surface area contributed by atoms with Crippen LogP contribution >= 0.6 is 0 Å². The predicted molar refractivity (Wildman–Crippen MR) is 84.1 cm³/mol. The van der Waals surface area contributed by atoms with Crippen molar-refractivity contribution in [2.75, 3.05) is 19.7 Å². The fraction of sp³-hybridized carbons (Fsp3) is 0.588. The van der Waals surface area contributed by atoms with Crippen LogP contribution in [-0.4, -0.2) is 41.8 Å². The Labute approximate surface area is 127 Å². The number of hydrogen-bond acceptors (Lipinski definition) is 2. The van der Waals surface area contributed by atoms with Crippen LogP contribution < -0.4 is 5.32 Å². The Hall–Kier alpha value is -1.55. The lowest BCUT2D eigenvalue weighted by atomic mass is 9.86. The largest absolute Gasteiger partial charge is 0.395 e. The number of nitrogens with zero attached hydrogens (tertiary/aromatic N) is 1. The second kappa shape index (κ2) is 6.94. The first kappa shape index (κ1) is 15.8. The molecule has 0 saturated heterocycles. The number of nitrogens with one attached hydrogen (secondary N) is 1. The second-order valence-corrected chi connectivity index (χ2v) is 6.63. The van der Waals surface area contributed by atoms with E-state index in [1.165, 1.54) is 5.56 Å². The molecule has 2 amide bonds. The van der Waals surface area contributed by atoms with Crippen LogP contribution in [-0.2, 0) is 6.42 Å². The maximum absolute atomic E-state index is 12.2. The molecule has 1 saturated carbocycles. The minimum Gasteiger partial charge on any atom is -0.395 e. The summed E-state index contributed by atoms with van der Waals surface area (Å²) in [6.45, 7) is 5.41. The smallest absolute Gasteiger partial charge is 0.317 e. The molecule has 21 heavy (non-hydrogen) atoms. The van der Waals surface area contributed by atoms with E-state index < -0.39 is 0 Å². The van der Waals surface area contributed by atoms with Gasteiger partial charge in [0.05, 0.1) is 6.61 Å². The first-order chi connectivity index (χ1) is 10.0. The molecule has 0 unspecified atom stereocenters. The van der Waals surface area contributed by atoms with E-state index in [0.29, 0.717) is 19.1 Å². The normalized spacial score (nSPS) is 14.8. The highest BCUT2D eigenvalue weighted by atomic mass is 16.3. The number of urea groups is 1. The van der Waals surface area contributed by atoms with Crippen LogP contribution in [0.3, 0.4) is 0 Å². The first-order valence-corrected chi connectivity index (χ1v) is 7.71. The van der Waals surface area contributed by atoms with Crippen LogP contribution in [0.1, 0.15) is 32.3 Å². The summed E-state index contributed by atoms with van der Waals surface area (Å²) in [7, 11) is 0. The average molecular weight is 290 g/mol. The van der Waals surface area contributed by atoms with E-state index in [2.05, 4.69) is 31.3 Å². The van der Waals surface area contributed by atoms with E-state index in [1.807, 2.05) is 18.2 Å². The molecule has 0 bridgehead atoms. The van der Waals surface area contributed by atoms with Gasteiger partial charge < -0.3 is 15.3 Å². The van der Waals surface area contributed by atoms with Gasteiger partial charge >= 0.3 is 6.03 Å². The van der Waals surface area contributed by atoms with Gasteiger partial charge in [0.2, 0.25) is 0 Å². The lowest BCUT2D eigenvalue weighted by Gasteiger charge is -2.28. The number of aliphatic hydroxyl groups excluding tert-OH is 1. The van der Waals surface area contributed by atoms with Crippen LogP contribution in [0.2, 0.25) is 0 Å². The molecule has 1 aliphatic rings. The van der Waals surface area contributed by atoms with Gasteiger partial charge in [0.1, 0.15) is 0 Å². The molecule has 2 rings (SSSR count). The highest BCUT2D eigenvalue weighted by Gasteiger charge is 2.32. The van der Waals surface area contributed by atoms with Gasteiger partial charge in [0.25, 0.3) is 0 Å². The maximum Gasteiger partial charge on any atom is 0.317 e. The zero-order valence-corrected chi connectivity index (χ0v) is 13.0. The zero-order chi connectivity index (χ0) is 15.3. The van der Waals surface area contributed by atoms with Crippen molar-refractivity contribution in [3.05, 3.63) is 35.9 Å². The Bertz CT molecular complexity index is 455. The SMILES string of the molecule is CC(C)(CNC(=O)N(CCO)C1CC1)Cc1ccccc1. The third-order valence-corrected chi connectivity index (χ3v) is 3.83. The van der Waals surface area contributed by atoms with Crippen molar-refractivity contribution >= 4 is 6.03 Å². The number of amides is 2.